The number of hydrogen-bond acceptors (Lipinski definition) is 4. The third-order valence-corrected chi connectivity index (χ3v) is 4.75. The Labute approximate surface area is 199 Å². The van der Waals surface area contributed by atoms with Gasteiger partial charge in [-0.1, -0.05) is 23.7 Å². The molecule has 1 N–H and O–H groups in total. The predicted molar refractivity (Wildman–Crippen MR) is 130 cm³/mol. The number of ether oxygens (including phenoxy) is 1. The first-order chi connectivity index (χ1) is 14.1. The molecule has 1 aromatic heterocycles. The second-order valence-corrected chi connectivity index (χ2v) is 7.19. The van der Waals surface area contributed by atoms with Crippen LogP contribution in [-0.2, 0) is 23.2 Å². The minimum atomic E-state index is 0. The standard InChI is InChI=1S/C20H27ClN6O2.HI/c1-3-22-20(23-7-10-29-15-16-5-4-6-17(21)11-16)26-8-9-27(19(28)14-26)18-12-24-25(2)13-18;/h4-6,11-13H,3,7-10,14-15H2,1-2H3,(H,22,23);1H. The van der Waals surface area contributed by atoms with Gasteiger partial charge in [0.2, 0.25) is 5.91 Å². The maximum absolute atomic E-state index is 12.6. The predicted octanol–water partition coefficient (Wildman–Crippen LogP) is 2.52. The van der Waals surface area contributed by atoms with E-state index >= 15 is 0 Å². The van der Waals surface area contributed by atoms with Crippen molar-refractivity contribution in [1.29, 1.82) is 0 Å². The van der Waals surface area contributed by atoms with Gasteiger partial charge < -0.3 is 19.9 Å². The van der Waals surface area contributed by atoms with Gasteiger partial charge in [0.15, 0.2) is 5.96 Å². The molecule has 0 radical (unpaired) electrons. The van der Waals surface area contributed by atoms with Gasteiger partial charge in [0.05, 0.1) is 31.6 Å². The van der Waals surface area contributed by atoms with Crippen LogP contribution in [0.2, 0.25) is 5.02 Å². The topological polar surface area (TPSA) is 75.0 Å². The summed E-state index contributed by atoms with van der Waals surface area (Å²) in [6.07, 6.45) is 3.56. The zero-order valence-electron chi connectivity index (χ0n) is 17.3. The van der Waals surface area contributed by atoms with Crippen LogP contribution in [0, 0.1) is 0 Å². The first-order valence-corrected chi connectivity index (χ1v) is 10.1. The largest absolute Gasteiger partial charge is 0.375 e. The lowest BCUT2D eigenvalue weighted by atomic mass is 10.2. The number of anilines is 1. The van der Waals surface area contributed by atoms with Crippen LogP contribution in [0.4, 0.5) is 5.69 Å². The molecule has 3 rings (SSSR count). The van der Waals surface area contributed by atoms with Crippen molar-refractivity contribution in [3.05, 3.63) is 47.2 Å². The van der Waals surface area contributed by atoms with Crippen molar-refractivity contribution in [3.63, 3.8) is 0 Å². The first-order valence-electron chi connectivity index (χ1n) is 9.71. The Bertz CT molecular complexity index is 859. The molecule has 0 spiro atoms. The molecule has 2 heterocycles. The summed E-state index contributed by atoms with van der Waals surface area (Å²) in [7, 11) is 1.84. The van der Waals surface area contributed by atoms with Gasteiger partial charge in [0.25, 0.3) is 0 Å². The number of piperazine rings is 1. The van der Waals surface area contributed by atoms with E-state index in [4.69, 9.17) is 16.3 Å². The molecule has 0 unspecified atom stereocenters. The Morgan fingerprint density at radius 3 is 2.87 bits per heavy atom. The van der Waals surface area contributed by atoms with Crippen molar-refractivity contribution in [2.24, 2.45) is 12.0 Å². The Hall–Kier alpha value is -1.85. The fraction of sp³-hybridized carbons (Fsp3) is 0.450. The third kappa shape index (κ3) is 6.85. The zero-order valence-corrected chi connectivity index (χ0v) is 20.3. The van der Waals surface area contributed by atoms with Gasteiger partial charge >= 0.3 is 0 Å². The Kier molecular flexibility index (Phi) is 9.86. The molecule has 0 saturated carbocycles. The fourth-order valence-corrected chi connectivity index (χ4v) is 3.35. The lowest BCUT2D eigenvalue weighted by Gasteiger charge is -2.35. The van der Waals surface area contributed by atoms with Crippen molar-refractivity contribution in [2.75, 3.05) is 44.2 Å². The number of rotatable bonds is 7. The number of carbonyl (C=O) groups is 1. The van der Waals surface area contributed by atoms with Gasteiger partial charge in [-0.05, 0) is 24.6 Å². The van der Waals surface area contributed by atoms with Gasteiger partial charge in [0, 0.05) is 37.9 Å². The molecular weight excluding hydrogens is 519 g/mol. The third-order valence-electron chi connectivity index (χ3n) is 4.51. The van der Waals surface area contributed by atoms with E-state index in [0.29, 0.717) is 37.9 Å². The number of aromatic nitrogens is 2. The summed E-state index contributed by atoms with van der Waals surface area (Å²) in [5.41, 5.74) is 1.86. The van der Waals surface area contributed by atoms with E-state index in [-0.39, 0.29) is 36.4 Å². The van der Waals surface area contributed by atoms with E-state index < -0.39 is 0 Å². The Balaban J connectivity index is 0.00000320. The van der Waals surface area contributed by atoms with Crippen LogP contribution in [0.25, 0.3) is 0 Å². The number of aryl methyl sites for hydroxylation is 1. The molecule has 164 valence electrons. The number of carbonyl (C=O) groups excluding carboxylic acids is 1. The first kappa shape index (κ1) is 24.4. The van der Waals surface area contributed by atoms with Crippen LogP contribution in [0.15, 0.2) is 41.7 Å². The van der Waals surface area contributed by atoms with Gasteiger partial charge in [-0.25, -0.2) is 0 Å². The molecular formula is C20H28ClIN6O2. The lowest BCUT2D eigenvalue weighted by Crippen LogP contribution is -2.55. The highest BCUT2D eigenvalue weighted by Gasteiger charge is 2.27. The fourth-order valence-electron chi connectivity index (χ4n) is 3.13. The highest BCUT2D eigenvalue weighted by molar-refractivity contribution is 14.0. The van der Waals surface area contributed by atoms with Crippen LogP contribution in [-0.4, -0.2) is 65.9 Å². The van der Waals surface area contributed by atoms with Crippen molar-refractivity contribution in [1.82, 2.24) is 20.0 Å². The smallest absolute Gasteiger partial charge is 0.246 e. The number of aliphatic imine (C=N–C) groups is 1. The molecule has 8 nitrogen and oxygen atoms in total. The summed E-state index contributed by atoms with van der Waals surface area (Å²) >= 11 is 5.98. The number of benzene rings is 1. The van der Waals surface area contributed by atoms with Gasteiger partial charge in [0.1, 0.15) is 6.54 Å². The molecule has 30 heavy (non-hydrogen) atoms. The molecule has 0 aliphatic carbocycles. The van der Waals surface area contributed by atoms with Crippen molar-refractivity contribution < 1.29 is 9.53 Å². The van der Waals surface area contributed by atoms with E-state index in [1.807, 2.05) is 49.3 Å². The summed E-state index contributed by atoms with van der Waals surface area (Å²) < 4.78 is 7.39. The van der Waals surface area contributed by atoms with Crippen LogP contribution < -0.4 is 10.2 Å². The lowest BCUT2D eigenvalue weighted by molar-refractivity contribution is -0.120. The van der Waals surface area contributed by atoms with Crippen molar-refractivity contribution in [3.8, 4) is 0 Å². The second kappa shape index (κ2) is 12.1. The molecule has 1 aromatic carbocycles. The molecule has 0 atom stereocenters. The summed E-state index contributed by atoms with van der Waals surface area (Å²) in [5.74, 6) is 0.769. The maximum Gasteiger partial charge on any atom is 0.246 e. The monoisotopic (exact) mass is 546 g/mol. The minimum Gasteiger partial charge on any atom is -0.375 e. The summed E-state index contributed by atoms with van der Waals surface area (Å²) in [6, 6.07) is 7.62. The molecule has 10 heteroatoms. The van der Waals surface area contributed by atoms with Crippen LogP contribution in [0.1, 0.15) is 12.5 Å². The highest BCUT2D eigenvalue weighted by atomic mass is 127. The Morgan fingerprint density at radius 2 is 2.20 bits per heavy atom. The second-order valence-electron chi connectivity index (χ2n) is 6.76. The van der Waals surface area contributed by atoms with E-state index in [0.717, 1.165) is 23.8 Å². The molecule has 1 saturated heterocycles. The SMILES string of the molecule is CCNC(=NCCOCc1cccc(Cl)c1)N1CCN(c2cnn(C)c2)C(=O)C1.I. The molecule has 1 fully saturated rings. The number of halogens is 2. The summed E-state index contributed by atoms with van der Waals surface area (Å²) in [4.78, 5) is 21.0. The molecule has 2 aromatic rings. The van der Waals surface area contributed by atoms with Crippen LogP contribution in [0.5, 0.6) is 0 Å². The number of amides is 1. The van der Waals surface area contributed by atoms with E-state index in [1.165, 1.54) is 0 Å². The number of nitrogens with zero attached hydrogens (tertiary/aromatic N) is 5. The van der Waals surface area contributed by atoms with Gasteiger partial charge in [-0.3, -0.25) is 14.5 Å². The van der Waals surface area contributed by atoms with E-state index in [1.54, 1.807) is 15.8 Å². The van der Waals surface area contributed by atoms with Gasteiger partial charge in [-0.15, -0.1) is 24.0 Å². The average Bonchev–Trinajstić information content (AvgIpc) is 3.13. The number of guanidine groups is 1. The number of hydrogen-bond donors (Lipinski definition) is 1. The summed E-state index contributed by atoms with van der Waals surface area (Å²) in [6.45, 7) is 5.83. The zero-order chi connectivity index (χ0) is 20.6. The molecule has 1 aliphatic rings. The summed E-state index contributed by atoms with van der Waals surface area (Å²) in [5, 5.41) is 8.11. The molecule has 0 bridgehead atoms. The average molecular weight is 547 g/mol. The van der Waals surface area contributed by atoms with Crippen molar-refractivity contribution in [2.45, 2.75) is 13.5 Å². The quantitative estimate of drug-likeness (QED) is 0.250. The minimum absolute atomic E-state index is 0. The maximum atomic E-state index is 12.6. The Morgan fingerprint density at radius 1 is 1.37 bits per heavy atom. The van der Waals surface area contributed by atoms with Gasteiger partial charge in [-0.2, -0.15) is 5.10 Å². The van der Waals surface area contributed by atoms with Crippen LogP contribution >= 0.6 is 35.6 Å². The van der Waals surface area contributed by atoms with E-state index in [9.17, 15) is 4.79 Å². The number of nitrogens with one attached hydrogen (secondary N) is 1. The molecule has 1 aliphatic heterocycles. The highest BCUT2D eigenvalue weighted by Crippen LogP contribution is 2.16. The molecule has 1 amide bonds. The van der Waals surface area contributed by atoms with Crippen LogP contribution in [0.3, 0.4) is 0 Å². The van der Waals surface area contributed by atoms with Crippen molar-refractivity contribution >= 4 is 53.1 Å². The van der Waals surface area contributed by atoms with E-state index in [2.05, 4.69) is 15.4 Å². The normalized spacial score (nSPS) is 14.6.